The topological polar surface area (TPSA) is 92.4 Å². The number of carbonyl (C=O) groups is 2. The van der Waals surface area contributed by atoms with E-state index >= 15 is 0 Å². The molecule has 0 fully saturated rings. The van der Waals surface area contributed by atoms with Gasteiger partial charge in [-0.05, 0) is 17.9 Å². The summed E-state index contributed by atoms with van der Waals surface area (Å²) in [6.07, 6.45) is 2.37. The van der Waals surface area contributed by atoms with Gasteiger partial charge < -0.3 is 16.2 Å². The third kappa shape index (κ3) is 4.12. The minimum Gasteiger partial charge on any atom is -0.479 e. The Bertz CT molecular complexity index is 392. The van der Waals surface area contributed by atoms with Gasteiger partial charge in [0.1, 0.15) is 0 Å². The van der Waals surface area contributed by atoms with E-state index < -0.39 is 24.0 Å². The van der Waals surface area contributed by atoms with Gasteiger partial charge in [-0.2, -0.15) is 0 Å². The maximum Gasteiger partial charge on any atom is 0.331 e. The molecule has 5 nitrogen and oxygen atoms in total. The van der Waals surface area contributed by atoms with Gasteiger partial charge in [0.15, 0.2) is 6.04 Å². The molecule has 1 rings (SSSR count). The second-order valence-electron chi connectivity index (χ2n) is 4.04. The molecule has 2 atom stereocenters. The van der Waals surface area contributed by atoms with Crippen LogP contribution in [0, 0.1) is 0 Å². The Morgan fingerprint density at radius 3 is 2.78 bits per heavy atom. The molecule has 0 aromatic carbocycles. The van der Waals surface area contributed by atoms with Crippen LogP contribution >= 0.6 is 11.3 Å². The van der Waals surface area contributed by atoms with E-state index in [9.17, 15) is 9.59 Å². The number of carbonyl (C=O) groups excluding carboxylic acids is 1. The van der Waals surface area contributed by atoms with Crippen LogP contribution in [0.4, 0.5) is 0 Å². The quantitative estimate of drug-likeness (QED) is 0.700. The molecular formula is C12H18N2O3S. The van der Waals surface area contributed by atoms with Crippen LogP contribution in [0.5, 0.6) is 0 Å². The first-order chi connectivity index (χ1) is 8.56. The van der Waals surface area contributed by atoms with Crippen LogP contribution in [0.3, 0.4) is 0 Å². The van der Waals surface area contributed by atoms with Gasteiger partial charge in [-0.15, -0.1) is 11.3 Å². The fourth-order valence-corrected chi connectivity index (χ4v) is 2.28. The van der Waals surface area contributed by atoms with E-state index in [0.717, 1.165) is 12.8 Å². The van der Waals surface area contributed by atoms with Gasteiger partial charge in [0.2, 0.25) is 5.91 Å². The molecule has 0 aliphatic carbocycles. The number of aliphatic carboxylic acids is 1. The first kappa shape index (κ1) is 14.7. The maximum atomic E-state index is 11.8. The van der Waals surface area contributed by atoms with Crippen LogP contribution in [-0.2, 0) is 9.59 Å². The summed E-state index contributed by atoms with van der Waals surface area (Å²) >= 11 is 1.29. The lowest BCUT2D eigenvalue weighted by Crippen LogP contribution is -2.44. The molecule has 1 amide bonds. The van der Waals surface area contributed by atoms with Gasteiger partial charge in [-0.25, -0.2) is 4.79 Å². The predicted molar refractivity (Wildman–Crippen MR) is 70.3 cm³/mol. The zero-order valence-corrected chi connectivity index (χ0v) is 11.1. The van der Waals surface area contributed by atoms with E-state index in [1.807, 2.05) is 6.92 Å². The molecule has 18 heavy (non-hydrogen) atoms. The second kappa shape index (κ2) is 7.13. The van der Waals surface area contributed by atoms with Gasteiger partial charge in [-0.3, -0.25) is 4.79 Å². The normalized spacial score (nSPS) is 13.9. The van der Waals surface area contributed by atoms with Crippen molar-refractivity contribution in [3.05, 3.63) is 22.4 Å². The summed E-state index contributed by atoms with van der Waals surface area (Å²) in [5.41, 5.74) is 5.70. The summed E-state index contributed by atoms with van der Waals surface area (Å²) in [6, 6.07) is 1.78. The average Bonchev–Trinajstić information content (AvgIpc) is 2.85. The molecule has 100 valence electrons. The SMILES string of the molecule is CCCCC(N)C(=O)NC(C(=O)O)c1cccs1. The molecule has 0 aliphatic heterocycles. The zero-order valence-electron chi connectivity index (χ0n) is 10.3. The highest BCUT2D eigenvalue weighted by atomic mass is 32.1. The van der Waals surface area contributed by atoms with Gasteiger partial charge in [0.05, 0.1) is 6.04 Å². The van der Waals surface area contributed by atoms with Crippen molar-refractivity contribution >= 4 is 23.2 Å². The van der Waals surface area contributed by atoms with E-state index in [-0.39, 0.29) is 0 Å². The lowest BCUT2D eigenvalue weighted by Gasteiger charge is -2.16. The Morgan fingerprint density at radius 2 is 2.28 bits per heavy atom. The number of carboxylic acid groups (broad SMARTS) is 1. The molecule has 6 heteroatoms. The van der Waals surface area contributed by atoms with Gasteiger partial charge in [-0.1, -0.05) is 25.8 Å². The molecular weight excluding hydrogens is 252 g/mol. The fourth-order valence-electron chi connectivity index (χ4n) is 1.51. The van der Waals surface area contributed by atoms with Crippen molar-refractivity contribution in [2.75, 3.05) is 0 Å². The third-order valence-electron chi connectivity index (χ3n) is 2.57. The molecule has 0 saturated heterocycles. The van der Waals surface area contributed by atoms with Crippen molar-refractivity contribution in [3.63, 3.8) is 0 Å². The molecule has 0 bridgehead atoms. The number of unbranched alkanes of at least 4 members (excludes halogenated alkanes) is 1. The monoisotopic (exact) mass is 270 g/mol. The van der Waals surface area contributed by atoms with E-state index in [2.05, 4.69) is 5.32 Å². The highest BCUT2D eigenvalue weighted by Gasteiger charge is 2.25. The molecule has 1 aromatic heterocycles. The van der Waals surface area contributed by atoms with Crippen molar-refractivity contribution in [3.8, 4) is 0 Å². The number of amides is 1. The van der Waals surface area contributed by atoms with E-state index in [1.54, 1.807) is 17.5 Å². The van der Waals surface area contributed by atoms with Gasteiger partial charge in [0.25, 0.3) is 0 Å². The van der Waals surface area contributed by atoms with Crippen LogP contribution in [0.2, 0.25) is 0 Å². The zero-order chi connectivity index (χ0) is 13.5. The first-order valence-corrected chi connectivity index (χ1v) is 6.76. The third-order valence-corrected chi connectivity index (χ3v) is 3.50. The Morgan fingerprint density at radius 1 is 1.56 bits per heavy atom. The van der Waals surface area contributed by atoms with Gasteiger partial charge >= 0.3 is 5.97 Å². The maximum absolute atomic E-state index is 11.8. The smallest absolute Gasteiger partial charge is 0.331 e. The van der Waals surface area contributed by atoms with Crippen LogP contribution in [-0.4, -0.2) is 23.0 Å². The summed E-state index contributed by atoms with van der Waals surface area (Å²) in [5.74, 6) is -1.49. The summed E-state index contributed by atoms with van der Waals surface area (Å²) in [6.45, 7) is 2.01. The molecule has 2 unspecified atom stereocenters. The minimum absolute atomic E-state index is 0.413. The van der Waals surface area contributed by atoms with Gasteiger partial charge in [0, 0.05) is 4.88 Å². The van der Waals surface area contributed by atoms with Crippen LogP contribution in [0.25, 0.3) is 0 Å². The first-order valence-electron chi connectivity index (χ1n) is 5.88. The summed E-state index contributed by atoms with van der Waals surface area (Å²) in [7, 11) is 0. The highest BCUT2D eigenvalue weighted by molar-refractivity contribution is 7.10. The standard InChI is InChI=1S/C12H18N2O3S/c1-2-3-5-8(13)11(15)14-10(12(16)17)9-6-4-7-18-9/h4,6-8,10H,2-3,5,13H2,1H3,(H,14,15)(H,16,17). The summed E-state index contributed by atoms with van der Waals surface area (Å²) < 4.78 is 0. The van der Waals surface area contributed by atoms with Crippen LogP contribution in [0.15, 0.2) is 17.5 Å². The number of nitrogens with one attached hydrogen (secondary N) is 1. The molecule has 4 N–H and O–H groups in total. The molecule has 0 aliphatic rings. The minimum atomic E-state index is -1.08. The second-order valence-corrected chi connectivity index (χ2v) is 5.02. The highest BCUT2D eigenvalue weighted by Crippen LogP contribution is 2.19. The van der Waals surface area contributed by atoms with Crippen molar-refractivity contribution in [2.45, 2.75) is 38.3 Å². The fraction of sp³-hybridized carbons (Fsp3) is 0.500. The number of hydrogen-bond donors (Lipinski definition) is 3. The Labute approximate surface area is 110 Å². The lowest BCUT2D eigenvalue weighted by molar-refractivity contribution is -0.142. The number of carboxylic acids is 1. The summed E-state index contributed by atoms with van der Waals surface area (Å²) in [4.78, 5) is 23.5. The lowest BCUT2D eigenvalue weighted by atomic mass is 10.1. The molecule has 0 spiro atoms. The van der Waals surface area contributed by atoms with Crippen LogP contribution < -0.4 is 11.1 Å². The number of thiophene rings is 1. The summed E-state index contributed by atoms with van der Waals surface area (Å²) in [5, 5.41) is 13.3. The van der Waals surface area contributed by atoms with E-state index in [1.165, 1.54) is 11.3 Å². The van der Waals surface area contributed by atoms with E-state index in [4.69, 9.17) is 10.8 Å². The molecule has 1 heterocycles. The largest absolute Gasteiger partial charge is 0.479 e. The molecule has 1 aromatic rings. The Hall–Kier alpha value is -1.40. The van der Waals surface area contributed by atoms with Crippen molar-refractivity contribution in [1.29, 1.82) is 0 Å². The average molecular weight is 270 g/mol. The Balaban J connectivity index is 2.62. The van der Waals surface area contributed by atoms with Crippen molar-refractivity contribution in [1.82, 2.24) is 5.32 Å². The predicted octanol–water partition coefficient (Wildman–Crippen LogP) is 1.51. The molecule has 0 saturated carbocycles. The number of nitrogens with two attached hydrogens (primary N) is 1. The van der Waals surface area contributed by atoms with E-state index in [0.29, 0.717) is 11.3 Å². The number of hydrogen-bond acceptors (Lipinski definition) is 4. The molecule has 0 radical (unpaired) electrons. The Kier molecular flexibility index (Phi) is 5.80. The van der Waals surface area contributed by atoms with Crippen molar-refractivity contribution < 1.29 is 14.7 Å². The van der Waals surface area contributed by atoms with Crippen LogP contribution in [0.1, 0.15) is 37.1 Å². The van der Waals surface area contributed by atoms with Crippen molar-refractivity contribution in [2.24, 2.45) is 5.73 Å². The number of rotatable bonds is 7.